The van der Waals surface area contributed by atoms with Crippen molar-refractivity contribution in [2.24, 2.45) is 11.8 Å². The van der Waals surface area contributed by atoms with Gasteiger partial charge in [0.25, 0.3) is 0 Å². The molecule has 4 rings (SSSR count). The van der Waals surface area contributed by atoms with Crippen molar-refractivity contribution < 1.29 is 13.2 Å². The molecular weight excluding hydrogens is 405 g/mol. The summed E-state index contributed by atoms with van der Waals surface area (Å²) in [4.78, 5) is 0. The molecule has 172 valence electrons. The molecule has 0 spiro atoms. The van der Waals surface area contributed by atoms with E-state index in [9.17, 15) is 8.78 Å². The summed E-state index contributed by atoms with van der Waals surface area (Å²) in [6, 6.07) is 7.42. The van der Waals surface area contributed by atoms with E-state index >= 15 is 4.39 Å². The average molecular weight is 441 g/mol. The van der Waals surface area contributed by atoms with Crippen molar-refractivity contribution >= 4 is 0 Å². The third-order valence-corrected chi connectivity index (χ3v) is 7.65. The predicted molar refractivity (Wildman–Crippen MR) is 126 cm³/mol. The maximum atomic E-state index is 15.2. The molecule has 2 aromatic rings. The van der Waals surface area contributed by atoms with E-state index in [4.69, 9.17) is 0 Å². The smallest absolute Gasteiger partial charge is 0.166 e. The van der Waals surface area contributed by atoms with Gasteiger partial charge in [-0.05, 0) is 54.7 Å². The Balaban J connectivity index is 1.33. The van der Waals surface area contributed by atoms with Crippen LogP contribution in [0.1, 0.15) is 82.3 Å². The third-order valence-electron chi connectivity index (χ3n) is 7.65. The molecule has 1 fully saturated rings. The zero-order valence-corrected chi connectivity index (χ0v) is 19.2. The normalized spacial score (nSPS) is 20.7. The lowest BCUT2D eigenvalue weighted by Crippen LogP contribution is -2.15. The maximum absolute atomic E-state index is 15.2. The molecule has 0 heterocycles. The number of halogens is 3. The van der Waals surface area contributed by atoms with Crippen LogP contribution < -0.4 is 0 Å². The molecule has 0 atom stereocenters. The molecule has 0 aromatic heterocycles. The minimum atomic E-state index is -0.988. The zero-order chi connectivity index (χ0) is 22.5. The van der Waals surface area contributed by atoms with Gasteiger partial charge in [0, 0.05) is 11.1 Å². The van der Waals surface area contributed by atoms with Crippen LogP contribution in [0.15, 0.2) is 42.0 Å². The van der Waals surface area contributed by atoms with Gasteiger partial charge in [-0.15, -0.1) is 0 Å². The fraction of sp³-hybridized carbons (Fsp3) is 0.517. The van der Waals surface area contributed by atoms with Crippen molar-refractivity contribution in [2.45, 2.75) is 84.0 Å². The van der Waals surface area contributed by atoms with Gasteiger partial charge in [-0.3, -0.25) is 0 Å². The Hall–Kier alpha value is -2.03. The Morgan fingerprint density at radius 3 is 2.28 bits per heavy atom. The van der Waals surface area contributed by atoms with Gasteiger partial charge in [0.1, 0.15) is 5.82 Å². The molecule has 1 saturated carbocycles. The van der Waals surface area contributed by atoms with Crippen molar-refractivity contribution in [3.05, 3.63) is 70.6 Å². The summed E-state index contributed by atoms with van der Waals surface area (Å²) < 4.78 is 43.0. The van der Waals surface area contributed by atoms with E-state index in [1.54, 1.807) is 6.07 Å². The van der Waals surface area contributed by atoms with Crippen LogP contribution in [0.2, 0.25) is 0 Å². The molecular formula is C29H35F3. The molecule has 0 radical (unpaired) electrons. The van der Waals surface area contributed by atoms with Gasteiger partial charge in [0.05, 0.1) is 0 Å². The quantitative estimate of drug-likeness (QED) is 0.284. The van der Waals surface area contributed by atoms with E-state index in [1.165, 1.54) is 75.5 Å². The van der Waals surface area contributed by atoms with Crippen molar-refractivity contribution in [2.75, 3.05) is 0 Å². The molecule has 0 N–H and O–H groups in total. The standard InChI is InChI=1S/C29H35F3/c1-2-3-4-6-20-9-11-21(12-10-20)13-14-22-15-17-24-23(19-22)16-18-26(28(24)31)25-7-5-8-27(30)29(25)32/h5,7-8,15-16,18,20-21H,2-4,6,9-14,17,19H2,1H3. The molecule has 2 aliphatic rings. The van der Waals surface area contributed by atoms with E-state index in [0.717, 1.165) is 36.3 Å². The largest absolute Gasteiger partial charge is 0.206 e. The highest BCUT2D eigenvalue weighted by atomic mass is 19.2. The number of allylic oxidation sites excluding steroid dienone is 2. The van der Waals surface area contributed by atoms with E-state index in [2.05, 4.69) is 13.0 Å². The summed E-state index contributed by atoms with van der Waals surface area (Å²) >= 11 is 0. The summed E-state index contributed by atoms with van der Waals surface area (Å²) in [6.45, 7) is 2.27. The molecule has 0 nitrogen and oxygen atoms in total. The summed E-state index contributed by atoms with van der Waals surface area (Å²) in [5.74, 6) is -0.576. The van der Waals surface area contributed by atoms with Crippen LogP contribution >= 0.6 is 0 Å². The molecule has 0 saturated heterocycles. The summed E-state index contributed by atoms with van der Waals surface area (Å²) in [7, 11) is 0. The average Bonchev–Trinajstić information content (AvgIpc) is 2.81. The molecule has 0 amide bonds. The minimum absolute atomic E-state index is 0.00891. The Morgan fingerprint density at radius 1 is 0.812 bits per heavy atom. The topological polar surface area (TPSA) is 0 Å². The first-order valence-corrected chi connectivity index (χ1v) is 12.5. The van der Waals surface area contributed by atoms with Crippen molar-refractivity contribution in [3.8, 4) is 11.1 Å². The number of unbranched alkanes of at least 4 members (excludes halogenated alkanes) is 2. The van der Waals surface area contributed by atoms with Gasteiger partial charge < -0.3 is 0 Å². The molecule has 0 unspecified atom stereocenters. The van der Waals surface area contributed by atoms with Crippen molar-refractivity contribution in [1.29, 1.82) is 0 Å². The molecule has 0 aliphatic heterocycles. The van der Waals surface area contributed by atoms with Crippen LogP contribution in [0, 0.1) is 29.3 Å². The van der Waals surface area contributed by atoms with Gasteiger partial charge in [-0.1, -0.05) is 94.2 Å². The summed E-state index contributed by atoms with van der Waals surface area (Å²) in [5, 5.41) is 0. The SMILES string of the molecule is CCCCCC1CCC(CCC2=CCc3c(ccc(-c4cccc(F)c4F)c3F)C2)CC1. The molecule has 0 bridgehead atoms. The molecule has 32 heavy (non-hydrogen) atoms. The highest BCUT2D eigenvalue weighted by Crippen LogP contribution is 2.37. The summed E-state index contributed by atoms with van der Waals surface area (Å²) in [5.41, 5.74) is 3.15. The van der Waals surface area contributed by atoms with Crippen LogP contribution in [0.5, 0.6) is 0 Å². The van der Waals surface area contributed by atoms with Gasteiger partial charge in [-0.2, -0.15) is 0 Å². The van der Waals surface area contributed by atoms with Crippen LogP contribution in [0.3, 0.4) is 0 Å². The number of hydrogen-bond acceptors (Lipinski definition) is 0. The highest BCUT2D eigenvalue weighted by Gasteiger charge is 2.23. The molecule has 3 heteroatoms. The summed E-state index contributed by atoms with van der Waals surface area (Å²) in [6.07, 6.45) is 16.8. The van der Waals surface area contributed by atoms with Crippen LogP contribution in [-0.2, 0) is 12.8 Å². The van der Waals surface area contributed by atoms with Gasteiger partial charge in [0.15, 0.2) is 11.6 Å². The van der Waals surface area contributed by atoms with E-state index in [0.29, 0.717) is 12.0 Å². The fourth-order valence-electron chi connectivity index (χ4n) is 5.60. The first kappa shape index (κ1) is 23.1. The minimum Gasteiger partial charge on any atom is -0.206 e. The monoisotopic (exact) mass is 440 g/mol. The zero-order valence-electron chi connectivity index (χ0n) is 19.2. The molecule has 2 aromatic carbocycles. The predicted octanol–water partition coefficient (Wildman–Crippen LogP) is 8.96. The Labute approximate surface area is 190 Å². The number of rotatable bonds is 8. The van der Waals surface area contributed by atoms with Crippen LogP contribution in [0.25, 0.3) is 11.1 Å². The third kappa shape index (κ3) is 5.30. The van der Waals surface area contributed by atoms with Gasteiger partial charge in [-0.25, -0.2) is 13.2 Å². The van der Waals surface area contributed by atoms with Crippen LogP contribution in [0.4, 0.5) is 13.2 Å². The second-order valence-electron chi connectivity index (χ2n) is 9.83. The Bertz CT molecular complexity index is 951. The second-order valence-corrected chi connectivity index (χ2v) is 9.83. The van der Waals surface area contributed by atoms with Gasteiger partial charge >= 0.3 is 0 Å². The van der Waals surface area contributed by atoms with Gasteiger partial charge in [0.2, 0.25) is 0 Å². The highest BCUT2D eigenvalue weighted by molar-refractivity contribution is 5.67. The maximum Gasteiger partial charge on any atom is 0.166 e. The number of hydrogen-bond donors (Lipinski definition) is 0. The second kappa shape index (κ2) is 10.7. The lowest BCUT2D eigenvalue weighted by molar-refractivity contribution is 0.249. The fourth-order valence-corrected chi connectivity index (χ4v) is 5.60. The van der Waals surface area contributed by atoms with Crippen LogP contribution in [-0.4, -0.2) is 0 Å². The van der Waals surface area contributed by atoms with E-state index in [-0.39, 0.29) is 11.1 Å². The number of fused-ring (bicyclic) bond motifs is 1. The number of benzene rings is 2. The van der Waals surface area contributed by atoms with Crippen molar-refractivity contribution in [3.63, 3.8) is 0 Å². The van der Waals surface area contributed by atoms with E-state index in [1.807, 2.05) is 6.07 Å². The molecule has 2 aliphatic carbocycles. The Kier molecular flexibility index (Phi) is 7.75. The lowest BCUT2D eigenvalue weighted by Gasteiger charge is -2.29. The first-order chi connectivity index (χ1) is 15.6. The Morgan fingerprint density at radius 2 is 1.53 bits per heavy atom. The van der Waals surface area contributed by atoms with Crippen molar-refractivity contribution in [1.82, 2.24) is 0 Å². The lowest BCUT2D eigenvalue weighted by atomic mass is 9.77. The first-order valence-electron chi connectivity index (χ1n) is 12.5. The van der Waals surface area contributed by atoms with E-state index < -0.39 is 17.5 Å².